The number of nitriles is 1. The molecular formula is C13H12BrF2NO2. The molecule has 102 valence electrons. The molecule has 0 saturated heterocycles. The predicted molar refractivity (Wildman–Crippen MR) is 69.1 cm³/mol. The van der Waals surface area contributed by atoms with E-state index >= 15 is 0 Å². The van der Waals surface area contributed by atoms with Gasteiger partial charge in [0.05, 0.1) is 24.7 Å². The van der Waals surface area contributed by atoms with Gasteiger partial charge in [-0.3, -0.25) is 4.79 Å². The highest BCUT2D eigenvalue weighted by Crippen LogP contribution is 2.28. The number of ether oxygens (including phenoxy) is 1. The van der Waals surface area contributed by atoms with E-state index in [1.807, 2.05) is 6.07 Å². The van der Waals surface area contributed by atoms with Gasteiger partial charge in [0, 0.05) is 10.9 Å². The number of nitrogens with zero attached hydrogens (tertiary/aromatic N) is 1. The Bertz CT molecular complexity index is 512. The highest BCUT2D eigenvalue weighted by Gasteiger charge is 2.18. The highest BCUT2D eigenvalue weighted by atomic mass is 79.9. The first-order valence-corrected chi connectivity index (χ1v) is 6.71. The van der Waals surface area contributed by atoms with E-state index in [4.69, 9.17) is 10.00 Å². The van der Waals surface area contributed by atoms with Gasteiger partial charge in [0.2, 0.25) is 0 Å². The number of hydrogen-bond acceptors (Lipinski definition) is 3. The van der Waals surface area contributed by atoms with Crippen molar-refractivity contribution in [3.63, 3.8) is 0 Å². The zero-order valence-corrected chi connectivity index (χ0v) is 11.8. The maximum Gasteiger partial charge on any atom is 0.310 e. The van der Waals surface area contributed by atoms with Gasteiger partial charge < -0.3 is 4.74 Å². The third kappa shape index (κ3) is 4.00. The number of benzene rings is 1. The molecule has 1 aromatic rings. The van der Waals surface area contributed by atoms with Crippen LogP contribution in [0.4, 0.5) is 8.78 Å². The van der Waals surface area contributed by atoms with E-state index in [1.54, 1.807) is 6.92 Å². The van der Waals surface area contributed by atoms with E-state index in [9.17, 15) is 13.6 Å². The highest BCUT2D eigenvalue weighted by molar-refractivity contribution is 9.08. The standard InChI is InChI=1S/C13H12BrF2NO2/c1-2-19-12(18)5-8-3-9(6-14)11(13(15)16)4-10(8)7-17/h3-4,13H,2,5-6H2,1H3. The Hall–Kier alpha value is -1.48. The second-order valence-electron chi connectivity index (χ2n) is 3.74. The molecule has 6 heteroatoms. The summed E-state index contributed by atoms with van der Waals surface area (Å²) in [5, 5.41) is 9.20. The summed E-state index contributed by atoms with van der Waals surface area (Å²) < 4.78 is 30.4. The number of carbonyl (C=O) groups is 1. The Morgan fingerprint density at radius 2 is 2.16 bits per heavy atom. The Labute approximate surface area is 118 Å². The van der Waals surface area contributed by atoms with Crippen LogP contribution in [-0.2, 0) is 21.3 Å². The molecule has 0 atom stereocenters. The summed E-state index contributed by atoms with van der Waals surface area (Å²) in [5.41, 5.74) is 0.655. The van der Waals surface area contributed by atoms with E-state index in [-0.39, 0.29) is 29.5 Å². The van der Waals surface area contributed by atoms with Crippen molar-refractivity contribution in [3.05, 3.63) is 34.4 Å². The lowest BCUT2D eigenvalue weighted by atomic mass is 9.98. The van der Waals surface area contributed by atoms with E-state index < -0.39 is 12.4 Å². The summed E-state index contributed by atoms with van der Waals surface area (Å²) in [4.78, 5) is 11.4. The van der Waals surface area contributed by atoms with Gasteiger partial charge in [-0.05, 0) is 24.1 Å². The van der Waals surface area contributed by atoms with Crippen LogP contribution in [-0.4, -0.2) is 12.6 Å². The molecule has 0 N–H and O–H groups in total. The Balaban J connectivity index is 3.18. The topological polar surface area (TPSA) is 50.1 Å². The predicted octanol–water partition coefficient (Wildman–Crippen LogP) is 3.50. The third-order valence-electron chi connectivity index (χ3n) is 2.50. The van der Waals surface area contributed by atoms with Crippen molar-refractivity contribution in [3.8, 4) is 6.07 Å². The Morgan fingerprint density at radius 3 is 2.63 bits per heavy atom. The minimum absolute atomic E-state index is 0.0769. The second-order valence-corrected chi connectivity index (χ2v) is 4.30. The Kier molecular flexibility index (Phi) is 5.90. The van der Waals surface area contributed by atoms with Crippen molar-refractivity contribution in [2.75, 3.05) is 6.61 Å². The van der Waals surface area contributed by atoms with Gasteiger partial charge in [-0.2, -0.15) is 5.26 Å². The van der Waals surface area contributed by atoms with Crippen LogP contribution in [0, 0.1) is 11.3 Å². The average molecular weight is 332 g/mol. The first-order chi connectivity index (χ1) is 9.03. The van der Waals surface area contributed by atoms with E-state index in [0.717, 1.165) is 6.07 Å². The summed E-state index contributed by atoms with van der Waals surface area (Å²) in [6.07, 6.45) is -2.75. The van der Waals surface area contributed by atoms with Crippen molar-refractivity contribution in [1.82, 2.24) is 0 Å². The van der Waals surface area contributed by atoms with Gasteiger partial charge in [0.1, 0.15) is 0 Å². The summed E-state index contributed by atoms with van der Waals surface area (Å²) in [5.74, 6) is -0.482. The zero-order chi connectivity index (χ0) is 14.4. The molecule has 0 saturated carbocycles. The van der Waals surface area contributed by atoms with Crippen LogP contribution >= 0.6 is 15.9 Å². The third-order valence-corrected chi connectivity index (χ3v) is 3.11. The molecule has 3 nitrogen and oxygen atoms in total. The number of alkyl halides is 3. The van der Waals surface area contributed by atoms with Crippen molar-refractivity contribution in [1.29, 1.82) is 5.26 Å². The van der Waals surface area contributed by atoms with E-state index in [1.165, 1.54) is 6.07 Å². The normalized spacial score (nSPS) is 10.3. The molecule has 0 unspecified atom stereocenters. The molecule has 1 rings (SSSR count). The molecule has 19 heavy (non-hydrogen) atoms. The fourth-order valence-electron chi connectivity index (χ4n) is 1.65. The lowest BCUT2D eigenvalue weighted by Gasteiger charge is -2.11. The van der Waals surface area contributed by atoms with Gasteiger partial charge >= 0.3 is 5.97 Å². The van der Waals surface area contributed by atoms with Gasteiger partial charge in [0.15, 0.2) is 0 Å². The smallest absolute Gasteiger partial charge is 0.310 e. The maximum absolute atomic E-state index is 12.8. The van der Waals surface area contributed by atoms with Crippen LogP contribution in [0.5, 0.6) is 0 Å². The van der Waals surface area contributed by atoms with Crippen LogP contribution in [0.1, 0.15) is 35.6 Å². The molecule has 0 aliphatic heterocycles. The summed E-state index contributed by atoms with van der Waals surface area (Å²) in [6.45, 7) is 1.91. The largest absolute Gasteiger partial charge is 0.466 e. The van der Waals surface area contributed by atoms with Crippen molar-refractivity contribution < 1.29 is 18.3 Å². The SMILES string of the molecule is CCOC(=O)Cc1cc(CBr)c(C(F)F)cc1C#N. The van der Waals surface area contributed by atoms with Crippen LogP contribution in [0.15, 0.2) is 12.1 Å². The zero-order valence-electron chi connectivity index (χ0n) is 10.3. The van der Waals surface area contributed by atoms with Crippen LogP contribution < -0.4 is 0 Å². The molecule has 0 aromatic heterocycles. The molecule has 0 amide bonds. The molecule has 0 aliphatic rings. The van der Waals surface area contributed by atoms with Crippen molar-refractivity contribution in [2.24, 2.45) is 0 Å². The number of rotatable bonds is 5. The van der Waals surface area contributed by atoms with Crippen LogP contribution in [0.3, 0.4) is 0 Å². The molecular weight excluding hydrogens is 320 g/mol. The average Bonchev–Trinajstić information content (AvgIpc) is 2.38. The molecule has 0 fully saturated rings. The van der Waals surface area contributed by atoms with Crippen LogP contribution in [0.2, 0.25) is 0 Å². The van der Waals surface area contributed by atoms with Gasteiger partial charge in [-0.25, -0.2) is 8.78 Å². The fourth-order valence-corrected chi connectivity index (χ4v) is 2.13. The van der Waals surface area contributed by atoms with Crippen molar-refractivity contribution in [2.45, 2.75) is 25.1 Å². The fraction of sp³-hybridized carbons (Fsp3) is 0.385. The first-order valence-electron chi connectivity index (χ1n) is 5.59. The quantitative estimate of drug-likeness (QED) is 0.613. The minimum Gasteiger partial charge on any atom is -0.466 e. The lowest BCUT2D eigenvalue weighted by molar-refractivity contribution is -0.142. The van der Waals surface area contributed by atoms with Gasteiger partial charge in [0.25, 0.3) is 6.43 Å². The summed E-state index contributed by atoms with van der Waals surface area (Å²) in [6, 6.07) is 4.42. The molecule has 0 spiro atoms. The number of halogens is 3. The minimum atomic E-state index is -2.66. The lowest BCUT2D eigenvalue weighted by Crippen LogP contribution is -2.10. The Morgan fingerprint density at radius 1 is 1.47 bits per heavy atom. The first kappa shape index (κ1) is 15.6. The van der Waals surface area contributed by atoms with E-state index in [2.05, 4.69) is 15.9 Å². The van der Waals surface area contributed by atoms with Crippen molar-refractivity contribution >= 4 is 21.9 Å². The molecule has 0 bridgehead atoms. The van der Waals surface area contributed by atoms with Crippen LogP contribution in [0.25, 0.3) is 0 Å². The summed E-state index contributed by atoms with van der Waals surface area (Å²) in [7, 11) is 0. The number of hydrogen-bond donors (Lipinski definition) is 0. The summed E-state index contributed by atoms with van der Waals surface area (Å²) >= 11 is 3.12. The number of esters is 1. The van der Waals surface area contributed by atoms with E-state index in [0.29, 0.717) is 11.1 Å². The van der Waals surface area contributed by atoms with Gasteiger partial charge in [-0.15, -0.1) is 0 Å². The molecule has 0 heterocycles. The monoisotopic (exact) mass is 331 g/mol. The number of carbonyl (C=O) groups excluding carboxylic acids is 1. The molecule has 1 aromatic carbocycles. The molecule has 0 aliphatic carbocycles. The second kappa shape index (κ2) is 7.19. The van der Waals surface area contributed by atoms with Gasteiger partial charge in [-0.1, -0.05) is 22.0 Å². The molecule has 0 radical (unpaired) electrons. The maximum atomic E-state index is 12.8.